The Morgan fingerprint density at radius 2 is 1.67 bits per heavy atom. The van der Waals surface area contributed by atoms with Crippen LogP contribution in [0.25, 0.3) is 0 Å². The molecule has 0 radical (unpaired) electrons. The van der Waals surface area contributed by atoms with Crippen LogP contribution in [0.2, 0.25) is 0 Å². The zero-order valence-electron chi connectivity index (χ0n) is 11.0. The molecular formula is C16H22O2. The van der Waals surface area contributed by atoms with Crippen LogP contribution in [0.5, 0.6) is 0 Å². The molecule has 0 heterocycles. The van der Waals surface area contributed by atoms with Crippen LogP contribution in [0.4, 0.5) is 0 Å². The van der Waals surface area contributed by atoms with Crippen molar-refractivity contribution >= 4 is 0 Å². The molecule has 0 aliphatic heterocycles. The standard InChI is InChI=1S/C16H22O2/c1-2-3-7-12-17-13-8-9-14-18-15-16-10-5-4-6-11-16/h2-6,8-11H,7,12-15H2,1H3. The van der Waals surface area contributed by atoms with Gasteiger partial charge in [0.2, 0.25) is 0 Å². The number of allylic oxidation sites excluding steroid dienone is 1. The Morgan fingerprint density at radius 3 is 2.39 bits per heavy atom. The van der Waals surface area contributed by atoms with Crippen molar-refractivity contribution in [3.8, 4) is 0 Å². The molecule has 0 N–H and O–H groups in total. The fourth-order valence-electron chi connectivity index (χ4n) is 1.42. The van der Waals surface area contributed by atoms with Crippen LogP contribution in [-0.2, 0) is 16.1 Å². The zero-order chi connectivity index (χ0) is 12.9. The van der Waals surface area contributed by atoms with E-state index in [0.29, 0.717) is 19.8 Å². The number of hydrogen-bond acceptors (Lipinski definition) is 2. The van der Waals surface area contributed by atoms with Crippen LogP contribution in [0.3, 0.4) is 0 Å². The van der Waals surface area contributed by atoms with Gasteiger partial charge in [0.1, 0.15) is 0 Å². The van der Waals surface area contributed by atoms with Gasteiger partial charge in [-0.15, -0.1) is 0 Å². The molecule has 0 spiro atoms. The van der Waals surface area contributed by atoms with E-state index in [-0.39, 0.29) is 0 Å². The molecule has 0 aromatic heterocycles. The second-order valence-corrected chi connectivity index (χ2v) is 3.90. The SMILES string of the molecule is CC=CCCOCC=CCOCc1ccccc1. The lowest BCUT2D eigenvalue weighted by Gasteiger charge is -2.01. The van der Waals surface area contributed by atoms with Gasteiger partial charge >= 0.3 is 0 Å². The molecule has 1 aromatic carbocycles. The molecular weight excluding hydrogens is 224 g/mol. The molecule has 0 aliphatic rings. The molecule has 0 unspecified atom stereocenters. The van der Waals surface area contributed by atoms with E-state index in [4.69, 9.17) is 9.47 Å². The first kappa shape index (κ1) is 14.7. The molecule has 0 bridgehead atoms. The first-order chi connectivity index (χ1) is 8.93. The monoisotopic (exact) mass is 246 g/mol. The summed E-state index contributed by atoms with van der Waals surface area (Å²) < 4.78 is 10.9. The molecule has 0 aliphatic carbocycles. The Balaban J connectivity index is 1.94. The van der Waals surface area contributed by atoms with E-state index < -0.39 is 0 Å². The first-order valence-corrected chi connectivity index (χ1v) is 6.39. The lowest BCUT2D eigenvalue weighted by atomic mass is 10.2. The largest absolute Gasteiger partial charge is 0.377 e. The summed E-state index contributed by atoms with van der Waals surface area (Å²) in [5, 5.41) is 0. The average Bonchev–Trinajstić information content (AvgIpc) is 2.42. The lowest BCUT2D eigenvalue weighted by Crippen LogP contribution is -1.95. The van der Waals surface area contributed by atoms with Crippen molar-refractivity contribution in [2.75, 3.05) is 19.8 Å². The molecule has 2 heteroatoms. The van der Waals surface area contributed by atoms with Crippen molar-refractivity contribution in [1.82, 2.24) is 0 Å². The maximum atomic E-state index is 5.51. The third-order valence-electron chi connectivity index (χ3n) is 2.37. The summed E-state index contributed by atoms with van der Waals surface area (Å²) in [5.41, 5.74) is 1.20. The van der Waals surface area contributed by atoms with Gasteiger partial charge < -0.3 is 9.47 Å². The van der Waals surface area contributed by atoms with Gasteiger partial charge in [0.15, 0.2) is 0 Å². The van der Waals surface area contributed by atoms with Crippen molar-refractivity contribution in [1.29, 1.82) is 0 Å². The van der Waals surface area contributed by atoms with E-state index >= 15 is 0 Å². The third kappa shape index (κ3) is 7.82. The van der Waals surface area contributed by atoms with Gasteiger partial charge in [-0.2, -0.15) is 0 Å². The summed E-state index contributed by atoms with van der Waals surface area (Å²) in [6.07, 6.45) is 9.12. The maximum absolute atomic E-state index is 5.51. The van der Waals surface area contributed by atoms with Crippen molar-refractivity contribution in [3.63, 3.8) is 0 Å². The Hall–Kier alpha value is -1.38. The van der Waals surface area contributed by atoms with Crippen LogP contribution >= 0.6 is 0 Å². The van der Waals surface area contributed by atoms with E-state index in [2.05, 4.69) is 18.2 Å². The van der Waals surface area contributed by atoms with E-state index in [1.807, 2.05) is 43.4 Å². The number of ether oxygens (including phenoxy) is 2. The Labute approximate surface area is 110 Å². The second-order valence-electron chi connectivity index (χ2n) is 3.90. The normalized spacial score (nSPS) is 11.6. The highest BCUT2D eigenvalue weighted by Gasteiger charge is 1.89. The van der Waals surface area contributed by atoms with Crippen molar-refractivity contribution < 1.29 is 9.47 Å². The van der Waals surface area contributed by atoms with Crippen molar-refractivity contribution in [3.05, 3.63) is 60.2 Å². The fourth-order valence-corrected chi connectivity index (χ4v) is 1.42. The summed E-state index contributed by atoms with van der Waals surface area (Å²) in [4.78, 5) is 0. The number of benzene rings is 1. The Morgan fingerprint density at radius 1 is 0.944 bits per heavy atom. The molecule has 98 valence electrons. The van der Waals surface area contributed by atoms with Crippen molar-refractivity contribution in [2.45, 2.75) is 20.0 Å². The van der Waals surface area contributed by atoms with Gasteiger partial charge in [-0.25, -0.2) is 0 Å². The minimum absolute atomic E-state index is 0.632. The van der Waals surface area contributed by atoms with E-state index in [1.54, 1.807) is 0 Å². The zero-order valence-corrected chi connectivity index (χ0v) is 11.0. The highest BCUT2D eigenvalue weighted by molar-refractivity contribution is 5.13. The van der Waals surface area contributed by atoms with Gasteiger partial charge in [0.25, 0.3) is 0 Å². The van der Waals surface area contributed by atoms with Crippen LogP contribution in [0, 0.1) is 0 Å². The minimum Gasteiger partial charge on any atom is -0.377 e. The number of hydrogen-bond donors (Lipinski definition) is 0. The molecule has 1 rings (SSSR count). The molecule has 0 saturated heterocycles. The topological polar surface area (TPSA) is 18.5 Å². The van der Waals surface area contributed by atoms with Crippen LogP contribution in [0.1, 0.15) is 18.9 Å². The third-order valence-corrected chi connectivity index (χ3v) is 2.37. The molecule has 2 nitrogen and oxygen atoms in total. The smallest absolute Gasteiger partial charge is 0.0721 e. The molecule has 18 heavy (non-hydrogen) atoms. The lowest BCUT2D eigenvalue weighted by molar-refractivity contribution is 0.145. The summed E-state index contributed by atoms with van der Waals surface area (Å²) >= 11 is 0. The van der Waals surface area contributed by atoms with E-state index in [0.717, 1.165) is 13.0 Å². The first-order valence-electron chi connectivity index (χ1n) is 6.39. The van der Waals surface area contributed by atoms with Crippen LogP contribution in [-0.4, -0.2) is 19.8 Å². The predicted molar refractivity (Wildman–Crippen MR) is 75.5 cm³/mol. The van der Waals surface area contributed by atoms with Crippen LogP contribution in [0.15, 0.2) is 54.6 Å². The van der Waals surface area contributed by atoms with Gasteiger partial charge in [0, 0.05) is 0 Å². The van der Waals surface area contributed by atoms with Crippen molar-refractivity contribution in [2.24, 2.45) is 0 Å². The molecule has 0 amide bonds. The summed E-state index contributed by atoms with van der Waals surface area (Å²) in [6.45, 7) is 4.75. The second kappa shape index (κ2) is 10.8. The average molecular weight is 246 g/mol. The minimum atomic E-state index is 0.632. The van der Waals surface area contributed by atoms with E-state index in [1.165, 1.54) is 5.56 Å². The molecule has 0 fully saturated rings. The van der Waals surface area contributed by atoms with Gasteiger partial charge in [-0.3, -0.25) is 0 Å². The molecule has 0 atom stereocenters. The summed E-state index contributed by atoms with van der Waals surface area (Å²) in [5.74, 6) is 0. The Kier molecular flexibility index (Phi) is 8.77. The highest BCUT2D eigenvalue weighted by atomic mass is 16.5. The number of rotatable bonds is 9. The quantitative estimate of drug-likeness (QED) is 0.488. The Bertz CT molecular complexity index is 341. The predicted octanol–water partition coefficient (Wildman–Crippen LogP) is 3.74. The van der Waals surface area contributed by atoms with Crippen LogP contribution < -0.4 is 0 Å². The van der Waals surface area contributed by atoms with Gasteiger partial charge in [-0.1, -0.05) is 54.6 Å². The summed E-state index contributed by atoms with van der Waals surface area (Å²) in [6, 6.07) is 10.2. The molecule has 0 saturated carbocycles. The molecule has 1 aromatic rings. The van der Waals surface area contributed by atoms with Gasteiger partial charge in [0.05, 0.1) is 26.4 Å². The fraction of sp³-hybridized carbons (Fsp3) is 0.375. The maximum Gasteiger partial charge on any atom is 0.0721 e. The van der Waals surface area contributed by atoms with Gasteiger partial charge in [-0.05, 0) is 18.9 Å². The highest BCUT2D eigenvalue weighted by Crippen LogP contribution is 2.00. The van der Waals surface area contributed by atoms with E-state index in [9.17, 15) is 0 Å². The summed E-state index contributed by atoms with van der Waals surface area (Å²) in [7, 11) is 0.